The van der Waals surface area contributed by atoms with Crippen LogP contribution in [0.25, 0.3) is 0 Å². The van der Waals surface area contributed by atoms with Crippen molar-refractivity contribution < 1.29 is 13.6 Å². The highest BCUT2D eigenvalue weighted by Crippen LogP contribution is 2.13. The summed E-state index contributed by atoms with van der Waals surface area (Å²) in [5.74, 6) is -2.18. The molecule has 18 heavy (non-hydrogen) atoms. The van der Waals surface area contributed by atoms with E-state index in [0.717, 1.165) is 25.1 Å². The van der Waals surface area contributed by atoms with E-state index in [9.17, 15) is 13.6 Å². The molecular weight excluding hydrogens is 262 g/mol. The van der Waals surface area contributed by atoms with Crippen LogP contribution in [0, 0.1) is 11.6 Å². The minimum Gasteiger partial charge on any atom is -0.325 e. The van der Waals surface area contributed by atoms with Crippen LogP contribution in [0.5, 0.6) is 0 Å². The van der Waals surface area contributed by atoms with Crippen molar-refractivity contribution in [2.45, 2.75) is 26.3 Å². The molecule has 0 aliphatic carbocycles. The van der Waals surface area contributed by atoms with Gasteiger partial charge in [-0.05, 0) is 32.0 Å². The summed E-state index contributed by atoms with van der Waals surface area (Å²) >= 11 is 0. The van der Waals surface area contributed by atoms with Crippen LogP contribution in [0.1, 0.15) is 20.3 Å². The monoisotopic (exact) mass is 278 g/mol. The Morgan fingerprint density at radius 1 is 1.33 bits per heavy atom. The first kappa shape index (κ1) is 16.8. The van der Waals surface area contributed by atoms with Crippen LogP contribution >= 0.6 is 12.4 Å². The largest absolute Gasteiger partial charge is 0.325 e. The first-order chi connectivity index (χ1) is 8.04. The Bertz CT molecular complexity index is 402. The molecule has 1 aromatic rings. The average Bonchev–Trinajstić information content (AvgIpc) is 2.30. The van der Waals surface area contributed by atoms with Crippen molar-refractivity contribution in [2.75, 3.05) is 11.9 Å². The van der Waals surface area contributed by atoms with Crippen LogP contribution in [0.4, 0.5) is 14.5 Å². The molecule has 0 saturated heterocycles. The molecule has 1 unspecified atom stereocenters. The standard InChI is InChI=1S/C12H16F2N2O.ClH/c1-3-6-15-8(2)12(17)16-9-4-5-10(13)11(14)7-9;/h4-5,7-8,15H,3,6H2,1-2H3,(H,16,17);1H. The fourth-order valence-corrected chi connectivity index (χ4v) is 1.28. The van der Waals surface area contributed by atoms with Gasteiger partial charge >= 0.3 is 0 Å². The van der Waals surface area contributed by atoms with Crippen molar-refractivity contribution in [3.8, 4) is 0 Å². The molecule has 1 aromatic carbocycles. The summed E-state index contributed by atoms with van der Waals surface area (Å²) < 4.78 is 25.6. The molecule has 102 valence electrons. The van der Waals surface area contributed by atoms with Gasteiger partial charge in [-0.25, -0.2) is 8.78 Å². The van der Waals surface area contributed by atoms with Crippen molar-refractivity contribution in [1.82, 2.24) is 5.32 Å². The summed E-state index contributed by atoms with van der Waals surface area (Å²) in [5, 5.41) is 5.51. The minimum atomic E-state index is -0.975. The number of amides is 1. The molecule has 0 aromatic heterocycles. The van der Waals surface area contributed by atoms with E-state index in [1.165, 1.54) is 6.07 Å². The van der Waals surface area contributed by atoms with Gasteiger partial charge in [0, 0.05) is 11.8 Å². The van der Waals surface area contributed by atoms with E-state index < -0.39 is 11.6 Å². The van der Waals surface area contributed by atoms with E-state index in [-0.39, 0.29) is 30.0 Å². The minimum absolute atomic E-state index is 0. The molecule has 0 spiro atoms. The SMILES string of the molecule is CCCNC(C)C(=O)Nc1ccc(F)c(F)c1.Cl. The highest BCUT2D eigenvalue weighted by molar-refractivity contribution is 5.94. The molecule has 0 aliphatic heterocycles. The molecule has 1 rings (SSSR count). The Labute approximate surface area is 111 Å². The van der Waals surface area contributed by atoms with Crippen LogP contribution in [0.2, 0.25) is 0 Å². The highest BCUT2D eigenvalue weighted by Gasteiger charge is 2.12. The van der Waals surface area contributed by atoms with Crippen molar-refractivity contribution in [3.05, 3.63) is 29.8 Å². The Hall–Kier alpha value is -1.20. The first-order valence-corrected chi connectivity index (χ1v) is 5.54. The van der Waals surface area contributed by atoms with Gasteiger partial charge in [0.1, 0.15) is 0 Å². The van der Waals surface area contributed by atoms with Gasteiger partial charge in [-0.3, -0.25) is 4.79 Å². The number of rotatable bonds is 5. The average molecular weight is 279 g/mol. The van der Waals surface area contributed by atoms with E-state index in [1.54, 1.807) is 6.92 Å². The van der Waals surface area contributed by atoms with Crippen molar-refractivity contribution in [3.63, 3.8) is 0 Å². The molecule has 3 nitrogen and oxygen atoms in total. The number of anilines is 1. The van der Waals surface area contributed by atoms with E-state index in [0.29, 0.717) is 0 Å². The summed E-state index contributed by atoms with van der Waals surface area (Å²) in [6.45, 7) is 4.43. The second kappa shape index (κ2) is 8.00. The van der Waals surface area contributed by atoms with Gasteiger partial charge in [0.25, 0.3) is 0 Å². The smallest absolute Gasteiger partial charge is 0.241 e. The zero-order valence-electron chi connectivity index (χ0n) is 10.3. The Morgan fingerprint density at radius 3 is 2.56 bits per heavy atom. The maximum atomic E-state index is 12.9. The van der Waals surface area contributed by atoms with Gasteiger partial charge in [-0.15, -0.1) is 12.4 Å². The lowest BCUT2D eigenvalue weighted by Gasteiger charge is -2.13. The number of carbonyl (C=O) groups is 1. The second-order valence-electron chi connectivity index (χ2n) is 3.79. The molecule has 0 bridgehead atoms. The normalized spacial score (nSPS) is 11.6. The number of nitrogens with one attached hydrogen (secondary N) is 2. The third kappa shape index (κ3) is 4.98. The Kier molecular flexibility index (Phi) is 7.47. The van der Waals surface area contributed by atoms with Crippen LogP contribution in [0.3, 0.4) is 0 Å². The van der Waals surface area contributed by atoms with Gasteiger partial charge in [-0.1, -0.05) is 6.92 Å². The number of hydrogen-bond acceptors (Lipinski definition) is 2. The van der Waals surface area contributed by atoms with E-state index in [4.69, 9.17) is 0 Å². The quantitative estimate of drug-likeness (QED) is 0.869. The molecule has 0 heterocycles. The maximum absolute atomic E-state index is 12.9. The number of benzene rings is 1. The molecule has 1 amide bonds. The van der Waals surface area contributed by atoms with Gasteiger partial charge in [0.15, 0.2) is 11.6 Å². The summed E-state index contributed by atoms with van der Waals surface area (Å²) in [6, 6.07) is 2.89. The number of carbonyl (C=O) groups excluding carboxylic acids is 1. The summed E-state index contributed by atoms with van der Waals surface area (Å²) in [5.41, 5.74) is 0.249. The lowest BCUT2D eigenvalue weighted by molar-refractivity contribution is -0.117. The van der Waals surface area contributed by atoms with Gasteiger partial charge in [0.2, 0.25) is 5.91 Å². The molecule has 2 N–H and O–H groups in total. The second-order valence-corrected chi connectivity index (χ2v) is 3.79. The molecule has 0 radical (unpaired) electrons. The first-order valence-electron chi connectivity index (χ1n) is 5.54. The van der Waals surface area contributed by atoms with Crippen LogP contribution in [-0.4, -0.2) is 18.5 Å². The third-order valence-electron chi connectivity index (χ3n) is 2.28. The molecule has 1 atom stereocenters. The van der Waals surface area contributed by atoms with Crippen LogP contribution < -0.4 is 10.6 Å². The van der Waals surface area contributed by atoms with Crippen LogP contribution in [-0.2, 0) is 4.79 Å². The Morgan fingerprint density at radius 2 is 2.00 bits per heavy atom. The van der Waals surface area contributed by atoms with E-state index in [1.807, 2.05) is 6.92 Å². The predicted molar refractivity (Wildman–Crippen MR) is 70.0 cm³/mol. The fourth-order valence-electron chi connectivity index (χ4n) is 1.28. The zero-order valence-corrected chi connectivity index (χ0v) is 11.1. The van der Waals surface area contributed by atoms with Crippen molar-refractivity contribution >= 4 is 24.0 Å². The maximum Gasteiger partial charge on any atom is 0.241 e. The summed E-state index contributed by atoms with van der Waals surface area (Å²) in [4.78, 5) is 11.6. The van der Waals surface area contributed by atoms with E-state index in [2.05, 4.69) is 10.6 Å². The van der Waals surface area contributed by atoms with Crippen molar-refractivity contribution in [2.24, 2.45) is 0 Å². The topological polar surface area (TPSA) is 41.1 Å². The van der Waals surface area contributed by atoms with Gasteiger partial charge < -0.3 is 10.6 Å². The van der Waals surface area contributed by atoms with Gasteiger partial charge in [-0.2, -0.15) is 0 Å². The lowest BCUT2D eigenvalue weighted by atomic mass is 10.2. The van der Waals surface area contributed by atoms with Crippen LogP contribution in [0.15, 0.2) is 18.2 Å². The lowest BCUT2D eigenvalue weighted by Crippen LogP contribution is -2.38. The molecule has 0 fully saturated rings. The number of halogens is 3. The molecular formula is C12H17ClF2N2O. The molecule has 0 saturated carbocycles. The summed E-state index contributed by atoms with van der Waals surface area (Å²) in [7, 11) is 0. The van der Waals surface area contributed by atoms with Gasteiger partial charge in [0.05, 0.1) is 6.04 Å². The third-order valence-corrected chi connectivity index (χ3v) is 2.28. The summed E-state index contributed by atoms with van der Waals surface area (Å²) in [6.07, 6.45) is 0.919. The highest BCUT2D eigenvalue weighted by atomic mass is 35.5. The fraction of sp³-hybridized carbons (Fsp3) is 0.417. The predicted octanol–water partition coefficient (Wildman–Crippen LogP) is 2.71. The number of hydrogen-bond donors (Lipinski definition) is 2. The Balaban J connectivity index is 0.00000289. The van der Waals surface area contributed by atoms with E-state index >= 15 is 0 Å². The molecule has 6 heteroatoms. The molecule has 0 aliphatic rings. The zero-order chi connectivity index (χ0) is 12.8. The van der Waals surface area contributed by atoms with Crippen molar-refractivity contribution in [1.29, 1.82) is 0 Å².